The molecule has 2 heteroatoms. The molecule has 0 aromatic carbocycles. The second-order valence-corrected chi connectivity index (χ2v) is 8.45. The number of nitrogens with zero attached hydrogens (tertiary/aromatic N) is 1. The predicted octanol–water partition coefficient (Wildman–Crippen LogP) is 4.26. The first kappa shape index (κ1) is 15.6. The Morgan fingerprint density at radius 2 is 1.81 bits per heavy atom. The quantitative estimate of drug-likeness (QED) is 0.720. The fraction of sp³-hybridized carbons (Fsp3) is 0.895. The minimum absolute atomic E-state index is 0.229. The Morgan fingerprint density at radius 1 is 1.10 bits per heavy atom. The zero-order valence-corrected chi connectivity index (χ0v) is 14.4. The summed E-state index contributed by atoms with van der Waals surface area (Å²) in [4.78, 5) is 2.32. The molecule has 1 heterocycles. The number of ether oxygens (including phenoxy) is 1. The molecule has 2 fully saturated rings. The summed E-state index contributed by atoms with van der Waals surface area (Å²) in [6, 6.07) is 0. The average Bonchev–Trinajstić information content (AvgIpc) is 2.45. The molecule has 4 atom stereocenters. The minimum Gasteiger partial charge on any atom is -0.373 e. The van der Waals surface area contributed by atoms with E-state index in [-0.39, 0.29) is 5.41 Å². The van der Waals surface area contributed by atoms with Crippen LogP contribution < -0.4 is 0 Å². The van der Waals surface area contributed by atoms with Crippen molar-refractivity contribution in [1.82, 2.24) is 4.90 Å². The summed E-state index contributed by atoms with van der Waals surface area (Å²) in [5.74, 6) is 1.43. The zero-order valence-electron chi connectivity index (χ0n) is 14.4. The van der Waals surface area contributed by atoms with Crippen LogP contribution in [0, 0.1) is 17.3 Å². The van der Waals surface area contributed by atoms with Gasteiger partial charge in [0, 0.05) is 23.8 Å². The summed E-state index contributed by atoms with van der Waals surface area (Å²) in [5, 5.41) is 0. The summed E-state index contributed by atoms with van der Waals surface area (Å²) in [6.07, 6.45) is 12.9. The largest absolute Gasteiger partial charge is 0.373 e. The summed E-state index contributed by atoms with van der Waals surface area (Å²) in [5.41, 5.74) is 2.02. The van der Waals surface area contributed by atoms with Gasteiger partial charge in [-0.2, -0.15) is 0 Å². The van der Waals surface area contributed by atoms with Gasteiger partial charge < -0.3 is 9.64 Å². The maximum Gasteiger partial charge on any atom is 0.0707 e. The lowest BCUT2D eigenvalue weighted by Gasteiger charge is -2.52. The number of fused-ring (bicyclic) bond motifs is 3. The van der Waals surface area contributed by atoms with Gasteiger partial charge in [0.1, 0.15) is 0 Å². The second kappa shape index (κ2) is 6.04. The first-order chi connectivity index (χ1) is 9.99. The summed E-state index contributed by atoms with van der Waals surface area (Å²) < 4.78 is 6.76. The molecule has 0 spiro atoms. The van der Waals surface area contributed by atoms with Crippen LogP contribution in [0.5, 0.6) is 0 Å². The van der Waals surface area contributed by atoms with Crippen molar-refractivity contribution in [1.29, 1.82) is 0 Å². The van der Waals surface area contributed by atoms with E-state index in [0.717, 1.165) is 12.5 Å². The Labute approximate surface area is 130 Å². The highest BCUT2D eigenvalue weighted by Crippen LogP contribution is 2.50. The van der Waals surface area contributed by atoms with Crippen LogP contribution in [0.25, 0.3) is 0 Å². The Hall–Kier alpha value is -0.340. The maximum absolute atomic E-state index is 6.76. The van der Waals surface area contributed by atoms with E-state index in [1.54, 1.807) is 5.57 Å². The normalized spacial score (nSPS) is 36.9. The van der Waals surface area contributed by atoms with Crippen LogP contribution >= 0.6 is 0 Å². The van der Waals surface area contributed by atoms with E-state index in [9.17, 15) is 0 Å². The Morgan fingerprint density at radius 3 is 2.57 bits per heavy atom. The second-order valence-electron chi connectivity index (χ2n) is 8.45. The third kappa shape index (κ3) is 3.07. The maximum atomic E-state index is 6.76. The van der Waals surface area contributed by atoms with E-state index in [1.165, 1.54) is 44.9 Å². The van der Waals surface area contributed by atoms with Crippen LogP contribution in [0.3, 0.4) is 0 Å². The van der Waals surface area contributed by atoms with Gasteiger partial charge >= 0.3 is 0 Å². The van der Waals surface area contributed by atoms with Crippen LogP contribution in [-0.4, -0.2) is 37.7 Å². The van der Waals surface area contributed by atoms with Gasteiger partial charge in [-0.3, -0.25) is 0 Å². The molecular weight excluding hydrogens is 258 g/mol. The minimum atomic E-state index is 0.229. The van der Waals surface area contributed by atoms with Gasteiger partial charge in [-0.25, -0.2) is 0 Å². The van der Waals surface area contributed by atoms with Gasteiger partial charge in [0.2, 0.25) is 0 Å². The zero-order chi connectivity index (χ0) is 15.0. The number of allylic oxidation sites excluding steroid dienone is 1. The monoisotopic (exact) mass is 291 g/mol. The van der Waals surface area contributed by atoms with Gasteiger partial charge in [0.05, 0.1) is 12.2 Å². The molecule has 2 aliphatic carbocycles. The van der Waals surface area contributed by atoms with Gasteiger partial charge in [0.15, 0.2) is 0 Å². The molecule has 0 aromatic rings. The van der Waals surface area contributed by atoms with Crippen molar-refractivity contribution in [2.45, 2.75) is 71.0 Å². The first-order valence-electron chi connectivity index (χ1n) is 8.99. The van der Waals surface area contributed by atoms with Crippen molar-refractivity contribution in [2.75, 3.05) is 20.6 Å². The lowest BCUT2D eigenvalue weighted by molar-refractivity contribution is -0.151. The van der Waals surface area contributed by atoms with Gasteiger partial charge in [-0.1, -0.05) is 38.3 Å². The van der Waals surface area contributed by atoms with E-state index in [0.29, 0.717) is 18.1 Å². The van der Waals surface area contributed by atoms with Crippen molar-refractivity contribution in [3.8, 4) is 0 Å². The smallest absolute Gasteiger partial charge is 0.0707 e. The van der Waals surface area contributed by atoms with Crippen LogP contribution in [0.1, 0.15) is 58.8 Å². The highest BCUT2D eigenvalue weighted by atomic mass is 16.5. The highest BCUT2D eigenvalue weighted by Gasteiger charge is 2.48. The van der Waals surface area contributed by atoms with E-state index in [4.69, 9.17) is 4.74 Å². The summed E-state index contributed by atoms with van der Waals surface area (Å²) in [6.45, 7) is 5.93. The van der Waals surface area contributed by atoms with Gasteiger partial charge in [0.25, 0.3) is 0 Å². The molecule has 0 aromatic heterocycles. The topological polar surface area (TPSA) is 12.5 Å². The molecule has 0 unspecified atom stereocenters. The van der Waals surface area contributed by atoms with E-state index < -0.39 is 0 Å². The molecule has 21 heavy (non-hydrogen) atoms. The molecule has 0 amide bonds. The molecule has 0 radical (unpaired) electrons. The van der Waals surface area contributed by atoms with E-state index in [2.05, 4.69) is 38.9 Å². The Balaban J connectivity index is 1.87. The fourth-order valence-corrected chi connectivity index (χ4v) is 5.24. The SMILES string of the molecule is CN(C)CC(C)(C)[C@@H]1O[C@H]2CCCC[C@H]2C2=CCCC[C@H]21. The molecule has 3 aliphatic rings. The van der Waals surface area contributed by atoms with Crippen LogP contribution in [0.2, 0.25) is 0 Å². The van der Waals surface area contributed by atoms with Gasteiger partial charge in [-0.05, 0) is 46.2 Å². The summed E-state index contributed by atoms with van der Waals surface area (Å²) >= 11 is 0. The van der Waals surface area contributed by atoms with Gasteiger partial charge in [-0.15, -0.1) is 0 Å². The molecule has 1 saturated heterocycles. The molecule has 2 nitrogen and oxygen atoms in total. The third-order valence-electron chi connectivity index (χ3n) is 5.84. The number of hydrogen-bond acceptors (Lipinski definition) is 2. The molecule has 120 valence electrons. The van der Waals surface area contributed by atoms with Crippen molar-refractivity contribution in [3.63, 3.8) is 0 Å². The third-order valence-corrected chi connectivity index (χ3v) is 5.84. The number of hydrogen-bond donors (Lipinski definition) is 0. The van der Waals surface area contributed by atoms with E-state index >= 15 is 0 Å². The van der Waals surface area contributed by atoms with Crippen molar-refractivity contribution >= 4 is 0 Å². The standard InChI is InChI=1S/C19H33NO/c1-19(2,13-20(3)4)18-16-11-6-5-9-14(16)15-10-7-8-12-17(15)21-18/h9,15-18H,5-8,10-13H2,1-4H3/t15-,16+,17-,18+/m0/s1. The van der Waals surface area contributed by atoms with Crippen molar-refractivity contribution in [3.05, 3.63) is 11.6 Å². The molecular formula is C19H33NO. The van der Waals surface area contributed by atoms with Crippen LogP contribution in [-0.2, 0) is 4.74 Å². The molecule has 0 N–H and O–H groups in total. The predicted molar refractivity (Wildman–Crippen MR) is 88.4 cm³/mol. The molecule has 3 rings (SSSR count). The molecule has 0 bridgehead atoms. The fourth-order valence-electron chi connectivity index (χ4n) is 5.24. The van der Waals surface area contributed by atoms with E-state index in [1.807, 2.05) is 0 Å². The molecule has 1 aliphatic heterocycles. The van der Waals surface area contributed by atoms with Crippen molar-refractivity contribution < 1.29 is 4.74 Å². The van der Waals surface area contributed by atoms with Crippen LogP contribution in [0.4, 0.5) is 0 Å². The van der Waals surface area contributed by atoms with Crippen molar-refractivity contribution in [2.24, 2.45) is 17.3 Å². The summed E-state index contributed by atoms with van der Waals surface area (Å²) in [7, 11) is 4.37. The molecule has 1 saturated carbocycles. The lowest BCUT2D eigenvalue weighted by atomic mass is 9.64. The van der Waals surface area contributed by atoms with Crippen LogP contribution in [0.15, 0.2) is 11.6 Å². The highest BCUT2D eigenvalue weighted by molar-refractivity contribution is 5.21. The Kier molecular flexibility index (Phi) is 4.47. The number of rotatable bonds is 3. The lowest BCUT2D eigenvalue weighted by Crippen LogP contribution is -2.53. The first-order valence-corrected chi connectivity index (χ1v) is 8.99. The Bertz CT molecular complexity index is 398. The average molecular weight is 291 g/mol.